The van der Waals surface area contributed by atoms with Crippen LogP contribution in [0.5, 0.6) is 17.2 Å². The first-order valence-corrected chi connectivity index (χ1v) is 13.9. The van der Waals surface area contributed by atoms with Crippen molar-refractivity contribution in [1.82, 2.24) is 0 Å². The third kappa shape index (κ3) is 9.15. The fourth-order valence-corrected chi connectivity index (χ4v) is 4.08. The smallest absolute Gasteiger partial charge is 0.425 e. The molecule has 0 N–H and O–H groups in total. The van der Waals surface area contributed by atoms with Gasteiger partial charge in [0.25, 0.3) is 0 Å². The van der Waals surface area contributed by atoms with Crippen LogP contribution < -0.4 is 14.2 Å². The molecule has 0 bridgehead atoms. The van der Waals surface area contributed by atoms with Crippen molar-refractivity contribution in [2.75, 3.05) is 0 Å². The lowest BCUT2D eigenvalue weighted by molar-refractivity contribution is -0.206. The first kappa shape index (κ1) is 32.7. The maximum Gasteiger partial charge on any atom is 0.425 e. The molecule has 0 aliphatic heterocycles. The van der Waals surface area contributed by atoms with Crippen molar-refractivity contribution in [3.8, 4) is 17.2 Å². The molecule has 1 unspecified atom stereocenters. The van der Waals surface area contributed by atoms with E-state index in [0.29, 0.717) is 18.2 Å². The van der Waals surface area contributed by atoms with Gasteiger partial charge in [-0.1, -0.05) is 55.8 Å². The van der Waals surface area contributed by atoms with Crippen LogP contribution in [0.25, 0.3) is 0 Å². The van der Waals surface area contributed by atoms with Gasteiger partial charge >= 0.3 is 24.1 Å². The zero-order valence-electron chi connectivity index (χ0n) is 24.0. The van der Waals surface area contributed by atoms with Crippen molar-refractivity contribution in [2.24, 2.45) is 0 Å². The van der Waals surface area contributed by atoms with Gasteiger partial charge in [-0.3, -0.25) is 0 Å². The van der Waals surface area contributed by atoms with Crippen molar-refractivity contribution in [1.29, 1.82) is 0 Å². The summed E-state index contributed by atoms with van der Waals surface area (Å²) < 4.78 is 75.1. The number of carbonyl (C=O) groups is 3. The summed E-state index contributed by atoms with van der Waals surface area (Å²) >= 11 is 0. The van der Waals surface area contributed by atoms with Crippen LogP contribution in [0.3, 0.4) is 0 Å². The number of rotatable bonds is 12. The average Bonchev–Trinajstić information content (AvgIpc) is 3.02. The lowest BCUT2D eigenvalue weighted by Gasteiger charge is -2.20. The molecule has 234 valence electrons. The zero-order chi connectivity index (χ0) is 32.4. The van der Waals surface area contributed by atoms with Gasteiger partial charge in [-0.25, -0.2) is 18.8 Å². The second kappa shape index (κ2) is 15.0. The van der Waals surface area contributed by atoms with Crippen molar-refractivity contribution in [3.05, 3.63) is 125 Å². The second-order valence-corrected chi connectivity index (χ2v) is 9.79. The van der Waals surface area contributed by atoms with Crippen LogP contribution in [0.2, 0.25) is 0 Å². The van der Waals surface area contributed by atoms with Gasteiger partial charge < -0.3 is 18.9 Å². The Kier molecular flexibility index (Phi) is 10.9. The predicted molar refractivity (Wildman–Crippen MR) is 155 cm³/mol. The number of unbranched alkanes of at least 4 members (excludes halogenated alkanes) is 1. The molecule has 0 saturated carbocycles. The van der Waals surface area contributed by atoms with E-state index in [1.807, 2.05) is 30.3 Å². The van der Waals surface area contributed by atoms with Crippen molar-refractivity contribution in [2.45, 2.75) is 45.1 Å². The van der Waals surface area contributed by atoms with Crippen LogP contribution in [0.4, 0.5) is 17.6 Å². The number of benzene rings is 4. The van der Waals surface area contributed by atoms with E-state index < -0.39 is 48.0 Å². The first-order valence-electron chi connectivity index (χ1n) is 13.9. The van der Waals surface area contributed by atoms with E-state index in [1.165, 1.54) is 24.3 Å². The van der Waals surface area contributed by atoms with E-state index in [-0.39, 0.29) is 35.7 Å². The summed E-state index contributed by atoms with van der Waals surface area (Å²) in [5.41, 5.74) is 0.398. The van der Waals surface area contributed by atoms with E-state index >= 15 is 0 Å². The minimum atomic E-state index is -4.80. The monoisotopic (exact) mass is 624 g/mol. The molecular weight excluding hydrogens is 596 g/mol. The van der Waals surface area contributed by atoms with Crippen LogP contribution in [-0.4, -0.2) is 30.2 Å². The Morgan fingerprint density at radius 2 is 1.38 bits per heavy atom. The van der Waals surface area contributed by atoms with Gasteiger partial charge in [-0.2, -0.15) is 13.2 Å². The van der Waals surface area contributed by atoms with Crippen molar-refractivity contribution >= 4 is 17.9 Å². The van der Waals surface area contributed by atoms with E-state index in [2.05, 4.69) is 4.74 Å². The first-order chi connectivity index (χ1) is 21.5. The average molecular weight is 625 g/mol. The summed E-state index contributed by atoms with van der Waals surface area (Å²) in [7, 11) is 0. The minimum Gasteiger partial charge on any atom is -0.488 e. The number of para-hydroxylation sites is 1. The van der Waals surface area contributed by atoms with E-state index in [1.54, 1.807) is 31.2 Å². The summed E-state index contributed by atoms with van der Waals surface area (Å²) in [5.74, 6) is -4.14. The van der Waals surface area contributed by atoms with Crippen LogP contribution in [0.1, 0.15) is 62.8 Å². The number of alkyl halides is 3. The maximum absolute atomic E-state index is 14.6. The second-order valence-electron chi connectivity index (χ2n) is 9.79. The molecule has 0 amide bonds. The van der Waals surface area contributed by atoms with Gasteiger partial charge in [0.15, 0.2) is 6.10 Å². The Morgan fingerprint density at radius 3 is 2.04 bits per heavy atom. The lowest BCUT2D eigenvalue weighted by Crippen LogP contribution is -2.34. The molecule has 0 aromatic heterocycles. The minimum absolute atomic E-state index is 0.0224. The standard InChI is InChI=1S/C34H28F4O7/c1-2-3-13-30(34(36,37)38)45-32(40)26-19-18-25(20-28(26)35)44-31(39)23-14-16-24(17-15-23)43-33(41)27-11-7-8-12-29(27)42-21-22-9-5-4-6-10-22/h4-12,14-20,30H,2-3,13,21H2,1H3. The molecule has 0 spiro atoms. The van der Waals surface area contributed by atoms with Gasteiger partial charge in [0.05, 0.1) is 11.1 Å². The number of carbonyl (C=O) groups excluding carboxylic acids is 3. The molecule has 7 nitrogen and oxygen atoms in total. The van der Waals surface area contributed by atoms with Crippen LogP contribution in [0.15, 0.2) is 97.1 Å². The Labute approximate surface area is 256 Å². The molecule has 0 saturated heterocycles. The summed E-state index contributed by atoms with van der Waals surface area (Å²) in [6.07, 6.45) is -7.00. The Bertz CT molecular complexity index is 1620. The Balaban J connectivity index is 1.35. The molecule has 11 heteroatoms. The number of halogens is 4. The van der Waals surface area contributed by atoms with Crippen molar-refractivity contribution in [3.63, 3.8) is 0 Å². The Hall–Kier alpha value is -5.19. The molecule has 4 rings (SSSR count). The Morgan fingerprint density at radius 1 is 0.733 bits per heavy atom. The third-order valence-corrected chi connectivity index (χ3v) is 6.45. The van der Waals surface area contributed by atoms with Crippen LogP contribution >= 0.6 is 0 Å². The predicted octanol–water partition coefficient (Wildman–Crippen LogP) is 8.12. The highest BCUT2D eigenvalue weighted by Crippen LogP contribution is 2.29. The summed E-state index contributed by atoms with van der Waals surface area (Å²) in [6.45, 7) is 1.93. The number of hydrogen-bond acceptors (Lipinski definition) is 7. The highest BCUT2D eigenvalue weighted by molar-refractivity contribution is 5.95. The molecular formula is C34H28F4O7. The lowest BCUT2D eigenvalue weighted by atomic mass is 10.1. The third-order valence-electron chi connectivity index (χ3n) is 6.45. The molecule has 0 aliphatic rings. The molecule has 45 heavy (non-hydrogen) atoms. The summed E-state index contributed by atoms with van der Waals surface area (Å²) in [4.78, 5) is 37.7. The summed E-state index contributed by atoms with van der Waals surface area (Å²) in [6, 6.07) is 24.0. The molecule has 0 aliphatic carbocycles. The van der Waals surface area contributed by atoms with E-state index in [9.17, 15) is 31.9 Å². The maximum atomic E-state index is 14.6. The van der Waals surface area contributed by atoms with E-state index in [4.69, 9.17) is 14.2 Å². The SMILES string of the molecule is CCCCC(OC(=O)c1ccc(OC(=O)c2ccc(OC(=O)c3ccccc3OCc3ccccc3)cc2)cc1F)C(F)(F)F. The van der Waals surface area contributed by atoms with E-state index in [0.717, 1.165) is 17.7 Å². The highest BCUT2D eigenvalue weighted by Gasteiger charge is 2.42. The fourth-order valence-electron chi connectivity index (χ4n) is 4.08. The van der Waals surface area contributed by atoms with Crippen LogP contribution in [-0.2, 0) is 11.3 Å². The van der Waals surface area contributed by atoms with Gasteiger partial charge in [0.2, 0.25) is 0 Å². The molecule has 1 atom stereocenters. The number of ether oxygens (including phenoxy) is 4. The molecule has 4 aromatic carbocycles. The largest absolute Gasteiger partial charge is 0.488 e. The topological polar surface area (TPSA) is 88.1 Å². The quantitative estimate of drug-likeness (QED) is 0.0894. The van der Waals surface area contributed by atoms with Crippen LogP contribution in [0, 0.1) is 5.82 Å². The van der Waals surface area contributed by atoms with Gasteiger partial charge in [-0.05, 0) is 66.9 Å². The van der Waals surface area contributed by atoms with Gasteiger partial charge in [0, 0.05) is 6.07 Å². The summed E-state index contributed by atoms with van der Waals surface area (Å²) in [5, 5.41) is 0. The molecule has 4 aromatic rings. The molecule has 0 radical (unpaired) electrons. The molecule has 0 heterocycles. The highest BCUT2D eigenvalue weighted by atomic mass is 19.4. The number of esters is 3. The molecule has 0 fully saturated rings. The number of hydrogen-bond donors (Lipinski definition) is 0. The normalized spacial score (nSPS) is 11.8. The van der Waals surface area contributed by atoms with Crippen molar-refractivity contribution < 1.29 is 50.9 Å². The fraction of sp³-hybridized carbons (Fsp3) is 0.206. The zero-order valence-corrected chi connectivity index (χ0v) is 24.0. The van der Waals surface area contributed by atoms with Gasteiger partial charge in [-0.15, -0.1) is 0 Å². The van der Waals surface area contributed by atoms with Gasteiger partial charge in [0.1, 0.15) is 35.2 Å².